The molecule has 1 aromatic heterocycles. The van der Waals surface area contributed by atoms with Gasteiger partial charge in [0, 0.05) is 35.8 Å². The molecule has 1 aliphatic rings. The molecule has 0 saturated carbocycles. The number of phenols is 1. The van der Waals surface area contributed by atoms with E-state index < -0.39 is 0 Å². The molecule has 0 fully saturated rings. The molecule has 0 bridgehead atoms. The van der Waals surface area contributed by atoms with E-state index in [1.54, 1.807) is 12.1 Å². The summed E-state index contributed by atoms with van der Waals surface area (Å²) in [5.74, 6) is 0.439. The van der Waals surface area contributed by atoms with Crippen LogP contribution >= 0.6 is 0 Å². The number of aromatic nitrogens is 1. The fourth-order valence-electron chi connectivity index (χ4n) is 3.64. The molecule has 4 heteroatoms. The number of para-hydroxylation sites is 1. The number of H-pyrrole nitrogens is 1. The maximum absolute atomic E-state index is 13.0. The zero-order valence-electron chi connectivity index (χ0n) is 14.8. The first-order valence-electron chi connectivity index (χ1n) is 8.96. The number of rotatable bonds is 4. The Morgan fingerprint density at radius 1 is 1.15 bits per heavy atom. The lowest BCUT2D eigenvalue weighted by molar-refractivity contribution is 0.0853. The largest absolute Gasteiger partial charge is 0.508 e. The van der Waals surface area contributed by atoms with Crippen molar-refractivity contribution in [1.29, 1.82) is 0 Å². The second-order valence-electron chi connectivity index (χ2n) is 6.81. The minimum absolute atomic E-state index is 0.156. The van der Waals surface area contributed by atoms with Crippen LogP contribution in [0, 0.1) is 0 Å². The van der Waals surface area contributed by atoms with E-state index in [1.165, 1.54) is 5.57 Å². The van der Waals surface area contributed by atoms with Gasteiger partial charge in [-0.3, -0.25) is 9.69 Å². The lowest BCUT2D eigenvalue weighted by Gasteiger charge is -2.31. The highest BCUT2D eigenvalue weighted by atomic mass is 16.3. The molecule has 26 heavy (non-hydrogen) atoms. The SMILES string of the molecule is CC(C(=O)c1c[nH]c2ccccc12)N1CC=C(c2ccc(O)cc2)CC1. The third kappa shape index (κ3) is 3.04. The topological polar surface area (TPSA) is 56.3 Å². The number of aromatic amines is 1. The highest BCUT2D eigenvalue weighted by Crippen LogP contribution is 2.26. The van der Waals surface area contributed by atoms with Gasteiger partial charge in [0.25, 0.3) is 0 Å². The molecule has 0 radical (unpaired) electrons. The third-order valence-electron chi connectivity index (χ3n) is 5.26. The first kappa shape index (κ1) is 16.6. The molecule has 2 heterocycles. The fourth-order valence-corrected chi connectivity index (χ4v) is 3.64. The number of nitrogens with one attached hydrogen (secondary N) is 1. The van der Waals surface area contributed by atoms with E-state index in [9.17, 15) is 9.90 Å². The van der Waals surface area contributed by atoms with Crippen molar-refractivity contribution in [2.45, 2.75) is 19.4 Å². The van der Waals surface area contributed by atoms with E-state index in [0.29, 0.717) is 0 Å². The lowest BCUT2D eigenvalue weighted by atomic mass is 9.97. The number of carbonyl (C=O) groups excluding carboxylic acids is 1. The molecular weight excluding hydrogens is 324 g/mol. The third-order valence-corrected chi connectivity index (χ3v) is 5.26. The summed E-state index contributed by atoms with van der Waals surface area (Å²) in [6.07, 6.45) is 4.91. The van der Waals surface area contributed by atoms with Crippen molar-refractivity contribution < 1.29 is 9.90 Å². The molecule has 1 atom stereocenters. The van der Waals surface area contributed by atoms with Crippen LogP contribution in [0.1, 0.15) is 29.3 Å². The summed E-state index contributed by atoms with van der Waals surface area (Å²) in [5.41, 5.74) is 4.17. The lowest BCUT2D eigenvalue weighted by Crippen LogP contribution is -2.41. The van der Waals surface area contributed by atoms with Crippen molar-refractivity contribution in [3.63, 3.8) is 0 Å². The number of nitrogens with zero attached hydrogens (tertiary/aromatic N) is 1. The maximum Gasteiger partial charge on any atom is 0.181 e. The van der Waals surface area contributed by atoms with Crippen LogP contribution < -0.4 is 0 Å². The van der Waals surface area contributed by atoms with Crippen LogP contribution in [0.2, 0.25) is 0 Å². The number of ketones is 1. The van der Waals surface area contributed by atoms with Crippen molar-refractivity contribution >= 4 is 22.3 Å². The van der Waals surface area contributed by atoms with Gasteiger partial charge in [-0.25, -0.2) is 0 Å². The van der Waals surface area contributed by atoms with E-state index in [0.717, 1.165) is 41.5 Å². The minimum atomic E-state index is -0.160. The number of benzene rings is 2. The first-order valence-corrected chi connectivity index (χ1v) is 8.96. The van der Waals surface area contributed by atoms with Gasteiger partial charge in [0.1, 0.15) is 5.75 Å². The summed E-state index contributed by atoms with van der Waals surface area (Å²) in [5, 5.41) is 10.4. The van der Waals surface area contributed by atoms with Crippen LogP contribution in [0.3, 0.4) is 0 Å². The monoisotopic (exact) mass is 346 g/mol. The van der Waals surface area contributed by atoms with Crippen molar-refractivity contribution in [2.24, 2.45) is 0 Å². The summed E-state index contributed by atoms with van der Waals surface area (Å²) in [7, 11) is 0. The fraction of sp³-hybridized carbons (Fsp3) is 0.227. The highest BCUT2D eigenvalue weighted by molar-refractivity contribution is 6.10. The Labute approximate surface area is 152 Å². The summed E-state index contributed by atoms with van der Waals surface area (Å²) in [6, 6.07) is 15.1. The molecule has 2 aromatic carbocycles. The molecule has 132 valence electrons. The second kappa shape index (κ2) is 6.81. The normalized spacial score (nSPS) is 16.4. The smallest absolute Gasteiger partial charge is 0.181 e. The highest BCUT2D eigenvalue weighted by Gasteiger charge is 2.26. The van der Waals surface area contributed by atoms with Gasteiger partial charge in [0.2, 0.25) is 0 Å². The Morgan fingerprint density at radius 3 is 2.65 bits per heavy atom. The molecule has 4 nitrogen and oxygen atoms in total. The molecule has 1 aliphatic heterocycles. The standard InChI is InChI=1S/C22H22N2O2/c1-15(22(26)20-14-23-21-5-3-2-4-19(20)21)24-12-10-17(11-13-24)16-6-8-18(25)9-7-16/h2-10,14-15,23,25H,11-13H2,1H3. The minimum Gasteiger partial charge on any atom is -0.508 e. The first-order chi connectivity index (χ1) is 12.6. The number of hydrogen-bond donors (Lipinski definition) is 2. The van der Waals surface area contributed by atoms with Gasteiger partial charge in [0.15, 0.2) is 5.78 Å². The number of hydrogen-bond acceptors (Lipinski definition) is 3. The van der Waals surface area contributed by atoms with Crippen LogP contribution in [0.5, 0.6) is 5.75 Å². The number of Topliss-reactive ketones (excluding diaryl/α,β-unsaturated/α-hetero) is 1. The Bertz CT molecular complexity index is 969. The molecule has 0 aliphatic carbocycles. The molecule has 2 N–H and O–H groups in total. The number of phenolic OH excluding ortho intramolecular Hbond substituents is 1. The molecule has 1 unspecified atom stereocenters. The summed E-state index contributed by atoms with van der Waals surface area (Å²) >= 11 is 0. The zero-order chi connectivity index (χ0) is 18.1. The Balaban J connectivity index is 1.50. The number of fused-ring (bicyclic) bond motifs is 1. The Kier molecular flexibility index (Phi) is 4.35. The van der Waals surface area contributed by atoms with Gasteiger partial charge in [-0.1, -0.05) is 36.4 Å². The van der Waals surface area contributed by atoms with Crippen LogP contribution in [0.4, 0.5) is 0 Å². The average Bonchev–Trinajstić information content (AvgIpc) is 3.12. The van der Waals surface area contributed by atoms with Gasteiger partial charge in [-0.2, -0.15) is 0 Å². The van der Waals surface area contributed by atoms with Gasteiger partial charge in [-0.05, 0) is 42.7 Å². The van der Waals surface area contributed by atoms with Crippen molar-refractivity contribution in [3.8, 4) is 5.75 Å². The maximum atomic E-state index is 13.0. The molecule has 0 spiro atoms. The molecular formula is C22H22N2O2. The summed E-state index contributed by atoms with van der Waals surface area (Å²) in [6.45, 7) is 3.59. The number of carbonyl (C=O) groups is 1. The van der Waals surface area contributed by atoms with Gasteiger partial charge in [-0.15, -0.1) is 0 Å². The average molecular weight is 346 g/mol. The van der Waals surface area contributed by atoms with Crippen molar-refractivity contribution in [1.82, 2.24) is 9.88 Å². The summed E-state index contributed by atoms with van der Waals surface area (Å²) in [4.78, 5) is 18.4. The van der Waals surface area contributed by atoms with E-state index in [2.05, 4.69) is 16.0 Å². The molecule has 3 aromatic rings. The quantitative estimate of drug-likeness (QED) is 0.695. The zero-order valence-corrected chi connectivity index (χ0v) is 14.8. The Hall–Kier alpha value is -2.85. The van der Waals surface area contributed by atoms with Gasteiger partial charge < -0.3 is 10.1 Å². The van der Waals surface area contributed by atoms with E-state index in [1.807, 2.05) is 49.5 Å². The van der Waals surface area contributed by atoms with E-state index in [4.69, 9.17) is 0 Å². The van der Waals surface area contributed by atoms with Crippen molar-refractivity contribution in [2.75, 3.05) is 13.1 Å². The van der Waals surface area contributed by atoms with Crippen LogP contribution in [-0.4, -0.2) is 39.9 Å². The predicted octanol–water partition coefficient (Wildman–Crippen LogP) is 4.23. The van der Waals surface area contributed by atoms with E-state index >= 15 is 0 Å². The van der Waals surface area contributed by atoms with Gasteiger partial charge in [0.05, 0.1) is 6.04 Å². The van der Waals surface area contributed by atoms with Crippen LogP contribution in [0.25, 0.3) is 16.5 Å². The van der Waals surface area contributed by atoms with Crippen LogP contribution in [-0.2, 0) is 0 Å². The number of aromatic hydroxyl groups is 1. The second-order valence-corrected chi connectivity index (χ2v) is 6.81. The predicted molar refractivity (Wildman–Crippen MR) is 104 cm³/mol. The molecule has 0 amide bonds. The molecule has 0 saturated heterocycles. The Morgan fingerprint density at radius 2 is 1.92 bits per heavy atom. The van der Waals surface area contributed by atoms with Crippen LogP contribution in [0.15, 0.2) is 60.8 Å². The van der Waals surface area contributed by atoms with Crippen molar-refractivity contribution in [3.05, 3.63) is 71.9 Å². The van der Waals surface area contributed by atoms with E-state index in [-0.39, 0.29) is 17.6 Å². The molecule has 4 rings (SSSR count). The summed E-state index contributed by atoms with van der Waals surface area (Å²) < 4.78 is 0. The van der Waals surface area contributed by atoms with Gasteiger partial charge >= 0.3 is 0 Å².